The van der Waals surface area contributed by atoms with E-state index < -0.39 is 0 Å². The van der Waals surface area contributed by atoms with Gasteiger partial charge in [0.2, 0.25) is 5.91 Å². The van der Waals surface area contributed by atoms with E-state index >= 15 is 0 Å². The summed E-state index contributed by atoms with van der Waals surface area (Å²) in [5, 5.41) is 6.20. The van der Waals surface area contributed by atoms with Crippen LogP contribution in [0.5, 0.6) is 0 Å². The number of carbonyl (C=O) groups is 1. The van der Waals surface area contributed by atoms with Crippen molar-refractivity contribution in [3.63, 3.8) is 0 Å². The van der Waals surface area contributed by atoms with Crippen molar-refractivity contribution in [1.82, 2.24) is 15.2 Å². The Labute approximate surface area is 115 Å². The summed E-state index contributed by atoms with van der Waals surface area (Å²) in [6, 6.07) is 4.00. The molecule has 0 unspecified atom stereocenters. The molecule has 1 aromatic heterocycles. The molecule has 0 aliphatic carbocycles. The summed E-state index contributed by atoms with van der Waals surface area (Å²) in [5.41, 5.74) is 1.13. The average Bonchev–Trinajstić information content (AvgIpc) is 2.76. The van der Waals surface area contributed by atoms with Crippen molar-refractivity contribution in [2.24, 2.45) is 5.92 Å². The van der Waals surface area contributed by atoms with Crippen LogP contribution in [0, 0.1) is 5.92 Å². The second-order valence-corrected chi connectivity index (χ2v) is 4.99. The standard InChI is InChI=1S/C14H25N3O2/c1-12(2)9-15-10-13-5-4-7-17(13)11-14(18)16-6-8-19-3/h4-5,7,12,15H,6,8-11H2,1-3H3,(H,16,18). The second kappa shape index (κ2) is 8.72. The molecule has 1 heterocycles. The zero-order valence-corrected chi connectivity index (χ0v) is 12.1. The first-order valence-electron chi connectivity index (χ1n) is 6.74. The minimum Gasteiger partial charge on any atom is -0.383 e. The van der Waals surface area contributed by atoms with Crippen molar-refractivity contribution in [3.8, 4) is 0 Å². The van der Waals surface area contributed by atoms with Crippen LogP contribution in [0.1, 0.15) is 19.5 Å². The SMILES string of the molecule is COCCNC(=O)Cn1cccc1CNCC(C)C. The third-order valence-corrected chi connectivity index (χ3v) is 2.72. The third-order valence-electron chi connectivity index (χ3n) is 2.72. The average molecular weight is 267 g/mol. The Morgan fingerprint density at radius 3 is 2.95 bits per heavy atom. The van der Waals surface area contributed by atoms with Crippen LogP contribution in [-0.4, -0.2) is 37.3 Å². The summed E-state index contributed by atoms with van der Waals surface area (Å²) in [6.07, 6.45) is 1.93. The summed E-state index contributed by atoms with van der Waals surface area (Å²) in [5.74, 6) is 0.638. The minimum absolute atomic E-state index is 0.0124. The quantitative estimate of drug-likeness (QED) is 0.656. The zero-order chi connectivity index (χ0) is 14.1. The number of aromatic nitrogens is 1. The van der Waals surface area contributed by atoms with Crippen molar-refractivity contribution >= 4 is 5.91 Å². The Kier molecular flexibility index (Phi) is 7.22. The van der Waals surface area contributed by atoms with Gasteiger partial charge < -0.3 is 19.9 Å². The molecule has 0 aliphatic heterocycles. The van der Waals surface area contributed by atoms with Crippen LogP contribution >= 0.6 is 0 Å². The van der Waals surface area contributed by atoms with Crippen molar-refractivity contribution in [3.05, 3.63) is 24.0 Å². The normalized spacial score (nSPS) is 10.9. The van der Waals surface area contributed by atoms with Gasteiger partial charge in [0, 0.05) is 32.1 Å². The summed E-state index contributed by atoms with van der Waals surface area (Å²) in [6.45, 7) is 7.57. The van der Waals surface area contributed by atoms with Gasteiger partial charge in [-0.05, 0) is 24.6 Å². The molecule has 0 spiro atoms. The number of methoxy groups -OCH3 is 1. The Morgan fingerprint density at radius 2 is 2.26 bits per heavy atom. The van der Waals surface area contributed by atoms with Gasteiger partial charge in [0.25, 0.3) is 0 Å². The Bertz CT molecular complexity index is 375. The topological polar surface area (TPSA) is 55.3 Å². The number of nitrogens with one attached hydrogen (secondary N) is 2. The first-order chi connectivity index (χ1) is 9.13. The Morgan fingerprint density at radius 1 is 1.47 bits per heavy atom. The molecule has 1 rings (SSSR count). The number of carbonyl (C=O) groups excluding carboxylic acids is 1. The van der Waals surface area contributed by atoms with Crippen LogP contribution in [0.15, 0.2) is 18.3 Å². The summed E-state index contributed by atoms with van der Waals surface area (Å²) >= 11 is 0. The number of hydrogen-bond acceptors (Lipinski definition) is 3. The van der Waals surface area contributed by atoms with E-state index in [-0.39, 0.29) is 5.91 Å². The van der Waals surface area contributed by atoms with Crippen LogP contribution in [0.25, 0.3) is 0 Å². The summed E-state index contributed by atoms with van der Waals surface area (Å²) < 4.78 is 6.86. The fourth-order valence-corrected chi connectivity index (χ4v) is 1.76. The lowest BCUT2D eigenvalue weighted by Gasteiger charge is -2.11. The smallest absolute Gasteiger partial charge is 0.240 e. The van der Waals surface area contributed by atoms with E-state index in [4.69, 9.17) is 4.74 Å². The molecule has 0 aliphatic rings. The van der Waals surface area contributed by atoms with E-state index in [2.05, 4.69) is 24.5 Å². The molecule has 0 saturated carbocycles. The molecule has 1 aromatic rings. The van der Waals surface area contributed by atoms with Crippen LogP contribution in [0.2, 0.25) is 0 Å². The van der Waals surface area contributed by atoms with Crippen LogP contribution < -0.4 is 10.6 Å². The molecular weight excluding hydrogens is 242 g/mol. The lowest BCUT2D eigenvalue weighted by Crippen LogP contribution is -2.31. The molecule has 0 fully saturated rings. The van der Waals surface area contributed by atoms with E-state index in [1.165, 1.54) is 0 Å². The lowest BCUT2D eigenvalue weighted by atomic mass is 10.2. The molecule has 0 atom stereocenters. The van der Waals surface area contributed by atoms with Crippen molar-refractivity contribution in [1.29, 1.82) is 0 Å². The van der Waals surface area contributed by atoms with Crippen molar-refractivity contribution < 1.29 is 9.53 Å². The van der Waals surface area contributed by atoms with Gasteiger partial charge in [-0.15, -0.1) is 0 Å². The molecule has 0 saturated heterocycles. The van der Waals surface area contributed by atoms with E-state index in [0.29, 0.717) is 25.6 Å². The number of hydrogen-bond donors (Lipinski definition) is 2. The van der Waals surface area contributed by atoms with Crippen molar-refractivity contribution in [2.45, 2.75) is 26.9 Å². The summed E-state index contributed by atoms with van der Waals surface area (Å²) in [4.78, 5) is 11.7. The lowest BCUT2D eigenvalue weighted by molar-refractivity contribution is -0.121. The number of nitrogens with zero attached hydrogens (tertiary/aromatic N) is 1. The van der Waals surface area contributed by atoms with Gasteiger partial charge in [-0.2, -0.15) is 0 Å². The number of rotatable bonds is 9. The third kappa shape index (κ3) is 6.40. The van der Waals surface area contributed by atoms with Gasteiger partial charge in [-0.1, -0.05) is 13.8 Å². The van der Waals surface area contributed by atoms with E-state index in [0.717, 1.165) is 18.8 Å². The maximum absolute atomic E-state index is 11.7. The molecule has 108 valence electrons. The minimum atomic E-state index is 0.0124. The first-order valence-corrected chi connectivity index (χ1v) is 6.74. The zero-order valence-electron chi connectivity index (χ0n) is 12.1. The first kappa shape index (κ1) is 15.7. The maximum atomic E-state index is 11.7. The van der Waals surface area contributed by atoms with E-state index in [9.17, 15) is 4.79 Å². The summed E-state index contributed by atoms with van der Waals surface area (Å²) in [7, 11) is 1.62. The highest BCUT2D eigenvalue weighted by molar-refractivity contribution is 5.75. The largest absolute Gasteiger partial charge is 0.383 e. The molecular formula is C14H25N3O2. The highest BCUT2D eigenvalue weighted by atomic mass is 16.5. The molecule has 0 radical (unpaired) electrons. The highest BCUT2D eigenvalue weighted by Crippen LogP contribution is 2.02. The Balaban J connectivity index is 2.37. The fourth-order valence-electron chi connectivity index (χ4n) is 1.76. The molecule has 1 amide bonds. The number of amides is 1. The van der Waals surface area contributed by atoms with Crippen LogP contribution in [0.4, 0.5) is 0 Å². The van der Waals surface area contributed by atoms with Gasteiger partial charge in [-0.3, -0.25) is 4.79 Å². The van der Waals surface area contributed by atoms with Crippen molar-refractivity contribution in [2.75, 3.05) is 26.8 Å². The Hall–Kier alpha value is -1.33. The molecule has 2 N–H and O–H groups in total. The number of ether oxygens (including phenoxy) is 1. The molecule has 5 nitrogen and oxygen atoms in total. The van der Waals surface area contributed by atoms with Gasteiger partial charge >= 0.3 is 0 Å². The van der Waals surface area contributed by atoms with Gasteiger partial charge in [0.1, 0.15) is 6.54 Å². The van der Waals surface area contributed by atoms with Gasteiger partial charge in [0.05, 0.1) is 6.61 Å². The molecule has 0 aromatic carbocycles. The molecule has 0 bridgehead atoms. The highest BCUT2D eigenvalue weighted by Gasteiger charge is 2.06. The van der Waals surface area contributed by atoms with E-state index in [1.54, 1.807) is 7.11 Å². The van der Waals surface area contributed by atoms with Crippen LogP contribution in [-0.2, 0) is 22.6 Å². The van der Waals surface area contributed by atoms with E-state index in [1.807, 2.05) is 22.9 Å². The maximum Gasteiger partial charge on any atom is 0.240 e. The van der Waals surface area contributed by atoms with Gasteiger partial charge in [0.15, 0.2) is 0 Å². The van der Waals surface area contributed by atoms with Crippen LogP contribution in [0.3, 0.4) is 0 Å². The van der Waals surface area contributed by atoms with Gasteiger partial charge in [-0.25, -0.2) is 0 Å². The second-order valence-electron chi connectivity index (χ2n) is 4.99. The fraction of sp³-hybridized carbons (Fsp3) is 0.643. The monoisotopic (exact) mass is 267 g/mol. The predicted octanol–water partition coefficient (Wildman–Crippen LogP) is 0.996. The molecule has 5 heteroatoms. The molecule has 19 heavy (non-hydrogen) atoms. The predicted molar refractivity (Wildman–Crippen MR) is 75.9 cm³/mol.